The molecule has 0 spiro atoms. The van der Waals surface area contributed by atoms with Crippen molar-refractivity contribution in [3.05, 3.63) is 0 Å². The average Bonchev–Trinajstić information content (AvgIpc) is 3.04. The first-order valence-corrected chi connectivity index (χ1v) is 9.33. The Kier molecular flexibility index (Phi) is 8.64. The number of carbonyl (C=O) groups is 2. The first-order chi connectivity index (χ1) is 11.0. The van der Waals surface area contributed by atoms with Crippen LogP contribution in [0.4, 0.5) is 0 Å². The Bertz CT molecular complexity index is 350. The molecule has 1 fully saturated rings. The van der Waals surface area contributed by atoms with Crippen LogP contribution in [0.15, 0.2) is 0 Å². The fourth-order valence-electron chi connectivity index (χ4n) is 3.43. The highest BCUT2D eigenvalue weighted by Gasteiger charge is 2.51. The summed E-state index contributed by atoms with van der Waals surface area (Å²) in [4.78, 5) is 25.5. The molecule has 1 aliphatic rings. The molecule has 0 saturated heterocycles. The van der Waals surface area contributed by atoms with E-state index in [1.54, 1.807) is 0 Å². The zero-order valence-electron chi connectivity index (χ0n) is 15.4. The highest BCUT2D eigenvalue weighted by molar-refractivity contribution is 6.00. The van der Waals surface area contributed by atoms with Crippen LogP contribution in [0, 0.1) is 17.3 Å². The van der Waals surface area contributed by atoms with Gasteiger partial charge in [0.2, 0.25) is 0 Å². The molecule has 0 aromatic heterocycles. The molecular weight excluding hydrogens is 292 g/mol. The van der Waals surface area contributed by atoms with Gasteiger partial charge in [-0.05, 0) is 37.5 Å². The van der Waals surface area contributed by atoms with Crippen LogP contribution in [0.5, 0.6) is 0 Å². The standard InChI is InChI=1S/C19H34O4/c1-5-13-22-17(20)19(15(3)4,18(21)23-14-6-2)12-11-16-9-7-8-10-16/h15-16H,5-14H2,1-4H3. The lowest BCUT2D eigenvalue weighted by Crippen LogP contribution is -2.46. The number of hydrogen-bond donors (Lipinski definition) is 0. The molecule has 1 rings (SSSR count). The highest BCUT2D eigenvalue weighted by atomic mass is 16.6. The van der Waals surface area contributed by atoms with E-state index in [1.165, 1.54) is 25.7 Å². The molecule has 134 valence electrons. The first kappa shape index (κ1) is 20.0. The molecule has 0 radical (unpaired) electrons. The smallest absolute Gasteiger partial charge is 0.323 e. The van der Waals surface area contributed by atoms with Crippen molar-refractivity contribution in [1.82, 2.24) is 0 Å². The molecular formula is C19H34O4. The van der Waals surface area contributed by atoms with Crippen LogP contribution < -0.4 is 0 Å². The molecule has 0 aromatic carbocycles. The molecule has 0 heterocycles. The Hall–Kier alpha value is -1.06. The van der Waals surface area contributed by atoms with Crippen LogP contribution in [0.2, 0.25) is 0 Å². The third kappa shape index (κ3) is 5.22. The summed E-state index contributed by atoms with van der Waals surface area (Å²) in [6.45, 7) is 8.48. The predicted molar refractivity (Wildman–Crippen MR) is 91.0 cm³/mol. The minimum atomic E-state index is -1.15. The Morgan fingerprint density at radius 1 is 1.00 bits per heavy atom. The Labute approximate surface area is 141 Å². The van der Waals surface area contributed by atoms with Crippen molar-refractivity contribution in [2.75, 3.05) is 13.2 Å². The van der Waals surface area contributed by atoms with Gasteiger partial charge in [0.15, 0.2) is 5.41 Å². The molecule has 4 nitrogen and oxygen atoms in total. The van der Waals surface area contributed by atoms with Crippen molar-refractivity contribution in [2.45, 2.75) is 79.1 Å². The van der Waals surface area contributed by atoms with Crippen LogP contribution in [-0.2, 0) is 19.1 Å². The summed E-state index contributed by atoms with van der Waals surface area (Å²) in [5.74, 6) is -0.286. The summed E-state index contributed by atoms with van der Waals surface area (Å²) < 4.78 is 10.8. The molecule has 1 saturated carbocycles. The summed E-state index contributed by atoms with van der Waals surface area (Å²) in [6, 6.07) is 0. The quantitative estimate of drug-likeness (QED) is 0.438. The molecule has 0 bridgehead atoms. The fraction of sp³-hybridized carbons (Fsp3) is 0.895. The maximum atomic E-state index is 12.8. The fourth-order valence-corrected chi connectivity index (χ4v) is 3.43. The van der Waals surface area contributed by atoms with Gasteiger partial charge in [-0.2, -0.15) is 0 Å². The van der Waals surface area contributed by atoms with E-state index in [0.717, 1.165) is 19.3 Å². The Morgan fingerprint density at radius 2 is 1.48 bits per heavy atom. The van der Waals surface area contributed by atoms with E-state index in [0.29, 0.717) is 25.6 Å². The number of carbonyl (C=O) groups excluding carboxylic acids is 2. The van der Waals surface area contributed by atoms with Gasteiger partial charge in [-0.25, -0.2) is 0 Å². The lowest BCUT2D eigenvalue weighted by molar-refractivity contribution is -0.177. The molecule has 0 aliphatic heterocycles. The van der Waals surface area contributed by atoms with Gasteiger partial charge in [0.1, 0.15) is 0 Å². The van der Waals surface area contributed by atoms with Crippen molar-refractivity contribution in [3.63, 3.8) is 0 Å². The van der Waals surface area contributed by atoms with E-state index >= 15 is 0 Å². The molecule has 0 N–H and O–H groups in total. The van der Waals surface area contributed by atoms with Crippen LogP contribution in [0.1, 0.15) is 79.1 Å². The van der Waals surface area contributed by atoms with Gasteiger partial charge in [-0.15, -0.1) is 0 Å². The van der Waals surface area contributed by atoms with E-state index in [9.17, 15) is 9.59 Å². The minimum Gasteiger partial charge on any atom is -0.465 e. The van der Waals surface area contributed by atoms with Gasteiger partial charge < -0.3 is 9.47 Å². The third-order valence-corrected chi connectivity index (χ3v) is 5.01. The van der Waals surface area contributed by atoms with Crippen molar-refractivity contribution < 1.29 is 19.1 Å². The topological polar surface area (TPSA) is 52.6 Å². The van der Waals surface area contributed by atoms with Crippen molar-refractivity contribution >= 4 is 11.9 Å². The molecule has 0 amide bonds. The Balaban J connectivity index is 2.91. The molecule has 0 unspecified atom stereocenters. The summed E-state index contributed by atoms with van der Waals surface area (Å²) in [7, 11) is 0. The van der Waals surface area contributed by atoms with E-state index < -0.39 is 17.4 Å². The van der Waals surface area contributed by atoms with Crippen molar-refractivity contribution in [1.29, 1.82) is 0 Å². The monoisotopic (exact) mass is 326 g/mol. The molecule has 0 aromatic rings. The number of ether oxygens (including phenoxy) is 2. The van der Waals surface area contributed by atoms with Gasteiger partial charge in [0.05, 0.1) is 13.2 Å². The summed E-state index contributed by atoms with van der Waals surface area (Å²) in [5, 5.41) is 0. The molecule has 1 aliphatic carbocycles. The maximum Gasteiger partial charge on any atom is 0.323 e. The highest BCUT2D eigenvalue weighted by Crippen LogP contribution is 2.40. The second-order valence-electron chi connectivity index (χ2n) is 7.09. The third-order valence-electron chi connectivity index (χ3n) is 5.01. The van der Waals surface area contributed by atoms with Crippen LogP contribution in [-0.4, -0.2) is 25.2 Å². The van der Waals surface area contributed by atoms with Crippen molar-refractivity contribution in [3.8, 4) is 0 Å². The lowest BCUT2D eigenvalue weighted by atomic mass is 9.72. The number of esters is 2. The second kappa shape index (κ2) is 9.94. The van der Waals surface area contributed by atoms with E-state index in [-0.39, 0.29) is 5.92 Å². The van der Waals surface area contributed by atoms with Crippen LogP contribution >= 0.6 is 0 Å². The number of hydrogen-bond acceptors (Lipinski definition) is 4. The number of rotatable bonds is 10. The summed E-state index contributed by atoms with van der Waals surface area (Å²) >= 11 is 0. The van der Waals surface area contributed by atoms with E-state index in [1.807, 2.05) is 27.7 Å². The SMILES string of the molecule is CCCOC(=O)C(CCC1CCCC1)(C(=O)OCCC)C(C)C. The van der Waals surface area contributed by atoms with Gasteiger partial charge in [-0.3, -0.25) is 9.59 Å². The predicted octanol–water partition coefficient (Wildman–Crippen LogP) is 4.51. The van der Waals surface area contributed by atoms with Crippen molar-refractivity contribution in [2.24, 2.45) is 17.3 Å². The second-order valence-corrected chi connectivity index (χ2v) is 7.09. The largest absolute Gasteiger partial charge is 0.465 e. The molecule has 23 heavy (non-hydrogen) atoms. The molecule has 4 heteroatoms. The van der Waals surface area contributed by atoms with Crippen LogP contribution in [0.3, 0.4) is 0 Å². The summed E-state index contributed by atoms with van der Waals surface area (Å²) in [5.41, 5.74) is -1.15. The van der Waals surface area contributed by atoms with E-state index in [4.69, 9.17) is 9.47 Å². The first-order valence-electron chi connectivity index (χ1n) is 9.33. The maximum absolute atomic E-state index is 12.8. The van der Waals surface area contributed by atoms with E-state index in [2.05, 4.69) is 0 Å². The normalized spacial score (nSPS) is 15.9. The van der Waals surface area contributed by atoms with Gasteiger partial charge in [-0.1, -0.05) is 53.4 Å². The lowest BCUT2D eigenvalue weighted by Gasteiger charge is -2.33. The molecule has 0 atom stereocenters. The van der Waals surface area contributed by atoms with Gasteiger partial charge in [0, 0.05) is 0 Å². The average molecular weight is 326 g/mol. The Morgan fingerprint density at radius 3 is 1.87 bits per heavy atom. The van der Waals surface area contributed by atoms with Crippen LogP contribution in [0.25, 0.3) is 0 Å². The zero-order valence-corrected chi connectivity index (χ0v) is 15.4. The summed E-state index contributed by atoms with van der Waals surface area (Å²) in [6.07, 6.45) is 7.91. The zero-order chi connectivity index (χ0) is 17.3. The van der Waals surface area contributed by atoms with Gasteiger partial charge >= 0.3 is 11.9 Å². The van der Waals surface area contributed by atoms with Gasteiger partial charge in [0.25, 0.3) is 0 Å². The minimum absolute atomic E-state index is 0.127.